The quantitative estimate of drug-likeness (QED) is 0.733. The largest absolute Gasteiger partial charge is 0.493 e. The van der Waals surface area contributed by atoms with E-state index in [0.717, 1.165) is 16.7 Å². The smallest absolute Gasteiger partial charge is 0.168 e. The molecule has 15 heavy (non-hydrogen) atoms. The van der Waals surface area contributed by atoms with Crippen molar-refractivity contribution in [3.63, 3.8) is 0 Å². The van der Waals surface area contributed by atoms with Gasteiger partial charge in [-0.3, -0.25) is 0 Å². The Kier molecular flexibility index (Phi) is 4.04. The van der Waals surface area contributed by atoms with Crippen LogP contribution in [0.25, 0.3) is 6.08 Å². The molecule has 0 N–H and O–H groups in total. The van der Waals surface area contributed by atoms with E-state index in [0.29, 0.717) is 17.4 Å². The Labute approximate surface area is 95.5 Å². The molecule has 0 aliphatic carbocycles. The van der Waals surface area contributed by atoms with Gasteiger partial charge in [-0.25, -0.2) is 0 Å². The third kappa shape index (κ3) is 2.10. The second-order valence-electron chi connectivity index (χ2n) is 3.15. The summed E-state index contributed by atoms with van der Waals surface area (Å²) < 4.78 is 10.5. The molecule has 0 heterocycles. The number of benzene rings is 1. The standard InChI is InChI=1S/C12H15ClO2/c1-5-10-8(2)9(7-13)6-11(14-3)12(10)15-4/h5-6H,1,7H2,2-4H3. The van der Waals surface area contributed by atoms with Crippen LogP contribution in [0.15, 0.2) is 12.6 Å². The second kappa shape index (κ2) is 5.08. The molecule has 0 fully saturated rings. The lowest BCUT2D eigenvalue weighted by Gasteiger charge is -2.15. The van der Waals surface area contributed by atoms with Crippen molar-refractivity contribution in [2.24, 2.45) is 0 Å². The van der Waals surface area contributed by atoms with Crippen molar-refractivity contribution in [1.82, 2.24) is 0 Å². The van der Waals surface area contributed by atoms with Gasteiger partial charge < -0.3 is 9.47 Å². The van der Waals surface area contributed by atoms with E-state index in [-0.39, 0.29) is 0 Å². The third-order valence-corrected chi connectivity index (χ3v) is 2.72. The van der Waals surface area contributed by atoms with E-state index in [4.69, 9.17) is 21.1 Å². The Bertz CT molecular complexity index is 372. The Morgan fingerprint density at radius 2 is 2.07 bits per heavy atom. The van der Waals surface area contributed by atoms with E-state index >= 15 is 0 Å². The number of rotatable bonds is 4. The van der Waals surface area contributed by atoms with Crippen molar-refractivity contribution >= 4 is 17.7 Å². The van der Waals surface area contributed by atoms with Gasteiger partial charge in [0.15, 0.2) is 11.5 Å². The summed E-state index contributed by atoms with van der Waals surface area (Å²) in [5, 5.41) is 0. The maximum absolute atomic E-state index is 5.85. The molecule has 1 aromatic carbocycles. The van der Waals surface area contributed by atoms with Crippen LogP contribution < -0.4 is 9.47 Å². The van der Waals surface area contributed by atoms with Crippen molar-refractivity contribution in [2.75, 3.05) is 14.2 Å². The first-order valence-electron chi connectivity index (χ1n) is 4.62. The Morgan fingerprint density at radius 1 is 1.40 bits per heavy atom. The van der Waals surface area contributed by atoms with Gasteiger partial charge in [-0.05, 0) is 24.1 Å². The number of hydrogen-bond acceptors (Lipinski definition) is 2. The Morgan fingerprint density at radius 3 is 2.47 bits per heavy atom. The molecule has 0 radical (unpaired) electrons. The maximum Gasteiger partial charge on any atom is 0.168 e. The Hall–Kier alpha value is -1.15. The van der Waals surface area contributed by atoms with Crippen LogP contribution in [-0.4, -0.2) is 14.2 Å². The molecule has 1 aromatic rings. The van der Waals surface area contributed by atoms with Crippen molar-refractivity contribution in [3.8, 4) is 11.5 Å². The molecule has 0 amide bonds. The highest BCUT2D eigenvalue weighted by Crippen LogP contribution is 2.36. The molecule has 0 aliphatic heterocycles. The van der Waals surface area contributed by atoms with Gasteiger partial charge >= 0.3 is 0 Å². The fourth-order valence-corrected chi connectivity index (χ4v) is 1.83. The first kappa shape index (κ1) is 11.9. The van der Waals surface area contributed by atoms with E-state index in [1.54, 1.807) is 20.3 Å². The highest BCUT2D eigenvalue weighted by molar-refractivity contribution is 6.17. The normalized spacial score (nSPS) is 9.87. The zero-order valence-corrected chi connectivity index (χ0v) is 10.0. The van der Waals surface area contributed by atoms with Gasteiger partial charge in [0.25, 0.3) is 0 Å². The first-order chi connectivity index (χ1) is 7.19. The summed E-state index contributed by atoms with van der Waals surface area (Å²) in [4.78, 5) is 0. The summed E-state index contributed by atoms with van der Waals surface area (Å²) in [5.41, 5.74) is 3.05. The van der Waals surface area contributed by atoms with Gasteiger partial charge in [0.2, 0.25) is 0 Å². The lowest BCUT2D eigenvalue weighted by atomic mass is 10.0. The minimum Gasteiger partial charge on any atom is -0.493 e. The molecule has 2 nitrogen and oxygen atoms in total. The van der Waals surface area contributed by atoms with Gasteiger partial charge in [0, 0.05) is 11.4 Å². The average Bonchev–Trinajstić information content (AvgIpc) is 2.28. The highest BCUT2D eigenvalue weighted by Gasteiger charge is 2.13. The van der Waals surface area contributed by atoms with Crippen LogP contribution in [0.5, 0.6) is 11.5 Å². The lowest BCUT2D eigenvalue weighted by Crippen LogP contribution is -1.98. The predicted octanol–water partition coefficient (Wildman–Crippen LogP) is 3.39. The minimum atomic E-state index is 0.451. The van der Waals surface area contributed by atoms with Crippen molar-refractivity contribution in [2.45, 2.75) is 12.8 Å². The van der Waals surface area contributed by atoms with E-state index < -0.39 is 0 Å². The topological polar surface area (TPSA) is 18.5 Å². The van der Waals surface area contributed by atoms with Gasteiger partial charge in [-0.2, -0.15) is 0 Å². The summed E-state index contributed by atoms with van der Waals surface area (Å²) in [6.07, 6.45) is 1.76. The summed E-state index contributed by atoms with van der Waals surface area (Å²) in [5.74, 6) is 1.85. The van der Waals surface area contributed by atoms with E-state index in [2.05, 4.69) is 6.58 Å². The van der Waals surface area contributed by atoms with E-state index in [9.17, 15) is 0 Å². The lowest BCUT2D eigenvalue weighted by molar-refractivity contribution is 0.353. The molecule has 0 atom stereocenters. The van der Waals surface area contributed by atoms with Gasteiger partial charge in [-0.1, -0.05) is 12.7 Å². The molecule has 0 saturated heterocycles. The molecule has 0 unspecified atom stereocenters. The molecule has 1 rings (SSSR count). The molecule has 0 bridgehead atoms. The molecule has 3 heteroatoms. The number of alkyl halides is 1. The summed E-state index contributed by atoms with van der Waals surface area (Å²) in [7, 11) is 3.22. The van der Waals surface area contributed by atoms with E-state index in [1.165, 1.54) is 0 Å². The summed E-state index contributed by atoms with van der Waals surface area (Å²) >= 11 is 5.85. The third-order valence-electron chi connectivity index (χ3n) is 2.43. The monoisotopic (exact) mass is 226 g/mol. The molecule has 82 valence electrons. The van der Waals surface area contributed by atoms with Crippen molar-refractivity contribution in [1.29, 1.82) is 0 Å². The first-order valence-corrected chi connectivity index (χ1v) is 5.15. The fourth-order valence-electron chi connectivity index (χ4n) is 1.55. The molecule has 0 spiro atoms. The van der Waals surface area contributed by atoms with Crippen LogP contribution in [-0.2, 0) is 5.88 Å². The zero-order chi connectivity index (χ0) is 11.4. The van der Waals surface area contributed by atoms with Crippen LogP contribution in [0, 0.1) is 6.92 Å². The van der Waals surface area contributed by atoms with Gasteiger partial charge in [0.1, 0.15) is 0 Å². The number of ether oxygens (including phenoxy) is 2. The van der Waals surface area contributed by atoms with Crippen LogP contribution in [0.3, 0.4) is 0 Å². The zero-order valence-electron chi connectivity index (χ0n) is 9.26. The molecule has 0 aliphatic rings. The molecule has 0 aromatic heterocycles. The van der Waals surface area contributed by atoms with Gasteiger partial charge in [-0.15, -0.1) is 11.6 Å². The van der Waals surface area contributed by atoms with Crippen LogP contribution in [0.1, 0.15) is 16.7 Å². The Balaban J connectivity index is 3.49. The maximum atomic E-state index is 5.85. The van der Waals surface area contributed by atoms with Crippen molar-refractivity contribution < 1.29 is 9.47 Å². The van der Waals surface area contributed by atoms with Crippen LogP contribution in [0.4, 0.5) is 0 Å². The number of halogens is 1. The summed E-state index contributed by atoms with van der Waals surface area (Å²) in [6.45, 7) is 5.77. The van der Waals surface area contributed by atoms with E-state index in [1.807, 2.05) is 13.0 Å². The van der Waals surface area contributed by atoms with Gasteiger partial charge in [0.05, 0.1) is 14.2 Å². The molecular formula is C12H15ClO2. The fraction of sp³-hybridized carbons (Fsp3) is 0.333. The van der Waals surface area contributed by atoms with Crippen LogP contribution in [0.2, 0.25) is 0 Å². The number of hydrogen-bond donors (Lipinski definition) is 0. The van der Waals surface area contributed by atoms with Crippen molar-refractivity contribution in [3.05, 3.63) is 29.3 Å². The second-order valence-corrected chi connectivity index (χ2v) is 3.41. The average molecular weight is 227 g/mol. The molecular weight excluding hydrogens is 212 g/mol. The highest BCUT2D eigenvalue weighted by atomic mass is 35.5. The summed E-state index contributed by atoms with van der Waals surface area (Å²) in [6, 6.07) is 1.90. The predicted molar refractivity (Wildman–Crippen MR) is 63.9 cm³/mol. The minimum absolute atomic E-state index is 0.451. The number of methoxy groups -OCH3 is 2. The molecule has 0 saturated carbocycles. The van der Waals surface area contributed by atoms with Crippen LogP contribution >= 0.6 is 11.6 Å². The SMILES string of the molecule is C=Cc1c(C)c(CCl)cc(OC)c1OC.